The highest BCUT2D eigenvalue weighted by Gasteiger charge is 2.18. The van der Waals surface area contributed by atoms with E-state index < -0.39 is 0 Å². The second-order valence-corrected chi connectivity index (χ2v) is 12.3. The quantitative estimate of drug-likeness (QED) is 0.179. The molecule has 2 aromatic heterocycles. The first-order valence-corrected chi connectivity index (χ1v) is 16.7. The summed E-state index contributed by atoms with van der Waals surface area (Å²) in [5, 5.41) is 11.5. The molecule has 0 bridgehead atoms. The summed E-state index contributed by atoms with van der Waals surface area (Å²) in [6, 6.07) is 59.3. The van der Waals surface area contributed by atoms with Gasteiger partial charge in [0.05, 0.1) is 11.6 Å². The fraction of sp³-hybridized carbons (Fsp3) is 0. The number of fused-ring (bicyclic) bond motifs is 3. The topological polar surface area (TPSA) is 75.6 Å². The number of hydrogen-bond donors (Lipinski definition) is 0. The van der Waals surface area contributed by atoms with Crippen LogP contribution in [0.5, 0.6) is 0 Å². The molecule has 0 aliphatic heterocycles. The molecule has 0 radical (unpaired) electrons. The van der Waals surface area contributed by atoms with Gasteiger partial charge in [-0.3, -0.25) is 0 Å². The maximum atomic E-state index is 9.61. The van der Waals surface area contributed by atoms with Crippen molar-refractivity contribution in [3.05, 3.63) is 175 Å². The van der Waals surface area contributed by atoms with Gasteiger partial charge in [-0.15, -0.1) is 0 Å². The molecule has 238 valence electrons. The maximum Gasteiger partial charge on any atom is 0.164 e. The molecule has 5 nitrogen and oxygen atoms in total. The molecule has 0 aliphatic carbocycles. The summed E-state index contributed by atoms with van der Waals surface area (Å²) in [4.78, 5) is 15.1. The lowest BCUT2D eigenvalue weighted by molar-refractivity contribution is 0.669. The minimum absolute atomic E-state index is 0.574. The van der Waals surface area contributed by atoms with Crippen LogP contribution in [0.1, 0.15) is 5.56 Å². The standard InChI is InChI=1S/C46H28N4O/c47-29-37-14-7-8-15-38(37)33-22-18-32(19-23-33)36-26-27-41-40(28-36)43-39(16-9-17-42(43)51-41)46-49-44(34-12-5-2-6-13-34)48-45(50-46)35-24-20-31(21-25-35)30-10-3-1-4-11-30/h1-28H. The molecular weight excluding hydrogens is 625 g/mol. The van der Waals surface area contributed by atoms with E-state index in [1.807, 2.05) is 91.0 Å². The van der Waals surface area contributed by atoms with E-state index in [0.717, 1.165) is 72.0 Å². The van der Waals surface area contributed by atoms with Crippen molar-refractivity contribution >= 4 is 21.9 Å². The SMILES string of the molecule is N#Cc1ccccc1-c1ccc(-c2ccc3oc4cccc(-c5nc(-c6ccccc6)nc(-c6ccc(-c7ccccc7)cc6)n5)c4c3c2)cc1. The van der Waals surface area contributed by atoms with Crippen LogP contribution in [0, 0.1) is 11.3 Å². The van der Waals surface area contributed by atoms with Gasteiger partial charge in [-0.25, -0.2) is 15.0 Å². The smallest absolute Gasteiger partial charge is 0.164 e. The summed E-state index contributed by atoms with van der Waals surface area (Å²) < 4.78 is 6.39. The summed E-state index contributed by atoms with van der Waals surface area (Å²) in [6.45, 7) is 0. The summed E-state index contributed by atoms with van der Waals surface area (Å²) in [6.07, 6.45) is 0. The summed E-state index contributed by atoms with van der Waals surface area (Å²) in [5.74, 6) is 1.78. The minimum Gasteiger partial charge on any atom is -0.456 e. The Balaban J connectivity index is 1.16. The molecule has 7 aromatic carbocycles. The first-order chi connectivity index (χ1) is 25.2. The Morgan fingerprint density at radius 1 is 0.392 bits per heavy atom. The summed E-state index contributed by atoms with van der Waals surface area (Å²) in [7, 11) is 0. The Morgan fingerprint density at radius 3 is 1.61 bits per heavy atom. The van der Waals surface area contributed by atoms with Crippen molar-refractivity contribution in [2.45, 2.75) is 0 Å². The molecule has 5 heteroatoms. The van der Waals surface area contributed by atoms with Gasteiger partial charge in [0.15, 0.2) is 17.5 Å². The van der Waals surface area contributed by atoms with Gasteiger partial charge in [-0.05, 0) is 57.6 Å². The Morgan fingerprint density at radius 2 is 0.902 bits per heavy atom. The summed E-state index contributed by atoms with van der Waals surface area (Å²) >= 11 is 0. The van der Waals surface area contributed by atoms with E-state index in [1.54, 1.807) is 0 Å². The number of nitrogens with zero attached hydrogens (tertiary/aromatic N) is 4. The third kappa shape index (κ3) is 5.61. The molecule has 0 saturated carbocycles. The van der Waals surface area contributed by atoms with Crippen LogP contribution in [-0.4, -0.2) is 15.0 Å². The van der Waals surface area contributed by atoms with Crippen molar-refractivity contribution in [1.29, 1.82) is 5.26 Å². The average molecular weight is 653 g/mol. The monoisotopic (exact) mass is 652 g/mol. The van der Waals surface area contributed by atoms with Crippen LogP contribution in [0.4, 0.5) is 0 Å². The van der Waals surface area contributed by atoms with Gasteiger partial charge < -0.3 is 4.42 Å². The molecule has 0 N–H and O–H groups in total. The van der Waals surface area contributed by atoms with Crippen LogP contribution < -0.4 is 0 Å². The zero-order valence-corrected chi connectivity index (χ0v) is 27.4. The van der Waals surface area contributed by atoms with E-state index in [4.69, 9.17) is 19.4 Å². The molecule has 9 aromatic rings. The van der Waals surface area contributed by atoms with E-state index in [2.05, 4.69) is 84.9 Å². The molecule has 2 heterocycles. The molecule has 0 aliphatic rings. The van der Waals surface area contributed by atoms with Crippen molar-refractivity contribution in [2.24, 2.45) is 0 Å². The normalized spacial score (nSPS) is 11.1. The molecule has 0 unspecified atom stereocenters. The van der Waals surface area contributed by atoms with Crippen molar-refractivity contribution < 1.29 is 4.42 Å². The second kappa shape index (κ2) is 12.7. The van der Waals surface area contributed by atoms with Crippen LogP contribution in [-0.2, 0) is 0 Å². The Hall–Kier alpha value is -7.16. The number of benzene rings is 7. The lowest BCUT2D eigenvalue weighted by Gasteiger charge is -2.10. The number of aromatic nitrogens is 3. The minimum atomic E-state index is 0.574. The lowest BCUT2D eigenvalue weighted by atomic mass is 9.96. The molecule has 0 amide bonds. The van der Waals surface area contributed by atoms with Gasteiger partial charge in [0.2, 0.25) is 0 Å². The van der Waals surface area contributed by atoms with Crippen molar-refractivity contribution in [3.63, 3.8) is 0 Å². The van der Waals surface area contributed by atoms with Crippen LogP contribution in [0.15, 0.2) is 174 Å². The lowest BCUT2D eigenvalue weighted by Crippen LogP contribution is -2.00. The van der Waals surface area contributed by atoms with E-state index in [-0.39, 0.29) is 0 Å². The predicted octanol–water partition coefficient (Wildman–Crippen LogP) is 11.6. The van der Waals surface area contributed by atoms with Crippen LogP contribution in [0.25, 0.3) is 89.5 Å². The van der Waals surface area contributed by atoms with Gasteiger partial charge >= 0.3 is 0 Å². The Labute approximate surface area is 294 Å². The zero-order chi connectivity index (χ0) is 34.1. The number of furan rings is 1. The number of hydrogen-bond acceptors (Lipinski definition) is 5. The molecule has 0 fully saturated rings. The van der Waals surface area contributed by atoms with Crippen LogP contribution in [0.3, 0.4) is 0 Å². The molecule has 0 saturated heterocycles. The fourth-order valence-electron chi connectivity index (χ4n) is 6.65. The van der Waals surface area contributed by atoms with Gasteiger partial charge in [-0.1, -0.05) is 146 Å². The third-order valence-corrected chi connectivity index (χ3v) is 9.23. The Bertz CT molecular complexity index is 2730. The molecule has 51 heavy (non-hydrogen) atoms. The predicted molar refractivity (Wildman–Crippen MR) is 204 cm³/mol. The first kappa shape index (κ1) is 29.9. The number of nitriles is 1. The second-order valence-electron chi connectivity index (χ2n) is 12.3. The van der Waals surface area contributed by atoms with Gasteiger partial charge in [-0.2, -0.15) is 5.26 Å². The average Bonchev–Trinajstić information content (AvgIpc) is 3.60. The highest BCUT2D eigenvalue weighted by Crippen LogP contribution is 2.39. The van der Waals surface area contributed by atoms with Crippen LogP contribution in [0.2, 0.25) is 0 Å². The van der Waals surface area contributed by atoms with E-state index in [0.29, 0.717) is 23.0 Å². The van der Waals surface area contributed by atoms with Crippen molar-refractivity contribution in [3.8, 4) is 73.6 Å². The highest BCUT2D eigenvalue weighted by molar-refractivity contribution is 6.12. The van der Waals surface area contributed by atoms with E-state index in [9.17, 15) is 5.26 Å². The summed E-state index contributed by atoms with van der Waals surface area (Å²) in [5.41, 5.74) is 11.2. The molecule has 9 rings (SSSR count). The first-order valence-electron chi connectivity index (χ1n) is 16.7. The van der Waals surface area contributed by atoms with E-state index in [1.165, 1.54) is 0 Å². The zero-order valence-electron chi connectivity index (χ0n) is 27.4. The van der Waals surface area contributed by atoms with Gasteiger partial charge in [0, 0.05) is 27.5 Å². The van der Waals surface area contributed by atoms with Gasteiger partial charge in [0.25, 0.3) is 0 Å². The number of rotatable bonds is 6. The fourth-order valence-corrected chi connectivity index (χ4v) is 6.65. The van der Waals surface area contributed by atoms with Crippen molar-refractivity contribution in [2.75, 3.05) is 0 Å². The van der Waals surface area contributed by atoms with Gasteiger partial charge in [0.1, 0.15) is 11.2 Å². The molecular formula is C46H28N4O. The van der Waals surface area contributed by atoms with Crippen molar-refractivity contribution in [1.82, 2.24) is 15.0 Å². The maximum absolute atomic E-state index is 9.61. The van der Waals surface area contributed by atoms with Crippen LogP contribution >= 0.6 is 0 Å². The third-order valence-electron chi connectivity index (χ3n) is 9.23. The molecule has 0 spiro atoms. The Kier molecular flexibility index (Phi) is 7.46. The highest BCUT2D eigenvalue weighted by atomic mass is 16.3. The molecule has 0 atom stereocenters. The largest absolute Gasteiger partial charge is 0.456 e. The van der Waals surface area contributed by atoms with E-state index >= 15 is 0 Å².